The second-order valence-corrected chi connectivity index (χ2v) is 8.27. The van der Waals surface area contributed by atoms with Gasteiger partial charge in [-0.15, -0.1) is 5.10 Å². The molecule has 3 aromatic carbocycles. The number of fused-ring (bicyclic) bond motifs is 1. The first-order valence-electron chi connectivity index (χ1n) is 11.3. The number of carbonyl (C=O) groups excluding carboxylic acids is 1. The first-order chi connectivity index (χ1) is 16.7. The van der Waals surface area contributed by atoms with E-state index in [0.29, 0.717) is 26.2 Å². The maximum atomic E-state index is 12.8. The number of rotatable bonds is 6. The first kappa shape index (κ1) is 21.8. The number of urea groups is 1. The molecule has 2 heterocycles. The molecule has 1 fully saturated rings. The van der Waals surface area contributed by atoms with E-state index in [1.165, 1.54) is 10.8 Å². The van der Waals surface area contributed by atoms with Crippen LogP contribution in [0, 0.1) is 0 Å². The van der Waals surface area contributed by atoms with Crippen molar-refractivity contribution in [3.63, 3.8) is 0 Å². The highest BCUT2D eigenvalue weighted by Crippen LogP contribution is 2.19. The zero-order valence-corrected chi connectivity index (χ0v) is 19.1. The molecule has 0 saturated carbocycles. The lowest BCUT2D eigenvalue weighted by Crippen LogP contribution is -2.51. The zero-order chi connectivity index (χ0) is 23.3. The molecule has 1 aliphatic heterocycles. The molecule has 5 rings (SSSR count). The van der Waals surface area contributed by atoms with E-state index < -0.39 is 0 Å². The highest BCUT2D eigenvalue weighted by atomic mass is 16.5. The number of hydrogen-bond donors (Lipinski definition) is 1. The van der Waals surface area contributed by atoms with E-state index in [9.17, 15) is 4.79 Å². The van der Waals surface area contributed by atoms with Gasteiger partial charge >= 0.3 is 6.03 Å². The van der Waals surface area contributed by atoms with E-state index in [-0.39, 0.29) is 6.03 Å². The van der Waals surface area contributed by atoms with Gasteiger partial charge in [-0.1, -0.05) is 42.5 Å². The largest absolute Gasteiger partial charge is 0.497 e. The summed E-state index contributed by atoms with van der Waals surface area (Å²) in [6, 6.07) is 22.0. The Morgan fingerprint density at radius 3 is 2.53 bits per heavy atom. The van der Waals surface area contributed by atoms with Crippen molar-refractivity contribution in [2.24, 2.45) is 0 Å². The lowest BCUT2D eigenvalue weighted by molar-refractivity contribution is 0.133. The molecule has 4 aromatic rings. The van der Waals surface area contributed by atoms with Crippen LogP contribution in [0.5, 0.6) is 5.75 Å². The molecule has 9 heteroatoms. The number of methoxy groups -OCH3 is 1. The smallest absolute Gasteiger partial charge is 0.317 e. The third-order valence-corrected chi connectivity index (χ3v) is 6.19. The van der Waals surface area contributed by atoms with Crippen LogP contribution < -0.4 is 10.1 Å². The molecule has 34 heavy (non-hydrogen) atoms. The Hall–Kier alpha value is -3.98. The number of aromatic nitrogens is 4. The topological polar surface area (TPSA) is 88.4 Å². The molecule has 0 bridgehead atoms. The highest BCUT2D eigenvalue weighted by Gasteiger charge is 2.23. The van der Waals surface area contributed by atoms with Crippen LogP contribution in [-0.2, 0) is 13.1 Å². The van der Waals surface area contributed by atoms with Crippen LogP contribution in [0.4, 0.5) is 4.79 Å². The van der Waals surface area contributed by atoms with E-state index in [1.807, 2.05) is 47.4 Å². The van der Waals surface area contributed by atoms with Crippen LogP contribution in [0.3, 0.4) is 0 Å². The van der Waals surface area contributed by atoms with Crippen LogP contribution in [0.1, 0.15) is 11.4 Å². The van der Waals surface area contributed by atoms with Crippen molar-refractivity contribution in [1.82, 2.24) is 35.3 Å². The molecule has 1 aromatic heterocycles. The fraction of sp³-hybridized carbons (Fsp3) is 0.280. The van der Waals surface area contributed by atoms with Crippen molar-refractivity contribution in [2.45, 2.75) is 13.1 Å². The summed E-state index contributed by atoms with van der Waals surface area (Å²) in [5.41, 5.74) is 2.00. The minimum absolute atomic E-state index is 0.0318. The summed E-state index contributed by atoms with van der Waals surface area (Å²) in [6.45, 7) is 3.97. The Labute approximate surface area is 197 Å². The van der Waals surface area contributed by atoms with E-state index >= 15 is 0 Å². The van der Waals surface area contributed by atoms with Gasteiger partial charge in [0.15, 0.2) is 5.82 Å². The SMILES string of the molecule is COc1ccc(-n2nnnc2CN2CCN(C(=O)NCc3cccc4ccccc34)CC2)cc1. The summed E-state index contributed by atoms with van der Waals surface area (Å²) in [5, 5.41) is 17.6. The van der Waals surface area contributed by atoms with Crippen LogP contribution >= 0.6 is 0 Å². The maximum Gasteiger partial charge on any atom is 0.317 e. The Morgan fingerprint density at radius 1 is 0.971 bits per heavy atom. The van der Waals surface area contributed by atoms with Gasteiger partial charge in [-0.3, -0.25) is 4.90 Å². The molecule has 2 amide bonds. The lowest BCUT2D eigenvalue weighted by Gasteiger charge is -2.34. The Kier molecular flexibility index (Phi) is 6.35. The summed E-state index contributed by atoms with van der Waals surface area (Å²) in [5.74, 6) is 1.55. The Morgan fingerprint density at radius 2 is 1.74 bits per heavy atom. The zero-order valence-electron chi connectivity index (χ0n) is 19.1. The standard InChI is InChI=1S/C25H27N7O2/c1-34-22-11-9-21(10-12-22)32-24(27-28-29-32)18-30-13-15-31(16-14-30)25(33)26-17-20-7-4-6-19-5-2-3-8-23(19)20/h2-12H,13-18H2,1H3,(H,26,33). The van der Waals surface area contributed by atoms with Gasteiger partial charge in [0.25, 0.3) is 0 Å². The van der Waals surface area contributed by atoms with Gasteiger partial charge in [-0.05, 0) is 51.0 Å². The van der Waals surface area contributed by atoms with E-state index in [1.54, 1.807) is 11.8 Å². The number of nitrogens with zero attached hydrogens (tertiary/aromatic N) is 6. The third kappa shape index (κ3) is 4.69. The van der Waals surface area contributed by atoms with Gasteiger partial charge in [0, 0.05) is 32.7 Å². The van der Waals surface area contributed by atoms with Crippen molar-refractivity contribution in [1.29, 1.82) is 0 Å². The molecule has 0 radical (unpaired) electrons. The second-order valence-electron chi connectivity index (χ2n) is 8.27. The highest BCUT2D eigenvalue weighted by molar-refractivity contribution is 5.86. The van der Waals surface area contributed by atoms with Crippen LogP contribution in [0.2, 0.25) is 0 Å². The lowest BCUT2D eigenvalue weighted by atomic mass is 10.0. The van der Waals surface area contributed by atoms with E-state index in [4.69, 9.17) is 4.74 Å². The maximum absolute atomic E-state index is 12.8. The molecule has 0 unspecified atom stereocenters. The van der Waals surface area contributed by atoms with Crippen molar-refractivity contribution in [3.05, 3.63) is 78.1 Å². The second kappa shape index (κ2) is 9.88. The molecule has 1 N–H and O–H groups in total. The number of amides is 2. The normalized spacial score (nSPS) is 14.3. The Balaban J connectivity index is 1.15. The number of tetrazole rings is 1. The number of ether oxygens (including phenoxy) is 1. The van der Waals surface area contributed by atoms with Gasteiger partial charge in [0.1, 0.15) is 5.75 Å². The van der Waals surface area contributed by atoms with Gasteiger partial charge in [0.05, 0.1) is 19.3 Å². The molecule has 1 aliphatic rings. The van der Waals surface area contributed by atoms with Crippen molar-refractivity contribution >= 4 is 16.8 Å². The molecular formula is C25H27N7O2. The number of benzene rings is 3. The summed E-state index contributed by atoms with van der Waals surface area (Å²) in [4.78, 5) is 16.9. The van der Waals surface area contributed by atoms with E-state index in [0.717, 1.165) is 35.9 Å². The average Bonchev–Trinajstić information content (AvgIpc) is 3.35. The summed E-state index contributed by atoms with van der Waals surface area (Å²) in [6.07, 6.45) is 0. The third-order valence-electron chi connectivity index (χ3n) is 6.19. The molecule has 9 nitrogen and oxygen atoms in total. The van der Waals surface area contributed by atoms with Gasteiger partial charge < -0.3 is 15.0 Å². The van der Waals surface area contributed by atoms with Gasteiger partial charge in [0.2, 0.25) is 0 Å². The molecule has 1 saturated heterocycles. The minimum atomic E-state index is -0.0318. The number of hydrogen-bond acceptors (Lipinski definition) is 6. The van der Waals surface area contributed by atoms with Crippen molar-refractivity contribution < 1.29 is 9.53 Å². The summed E-state index contributed by atoms with van der Waals surface area (Å²) < 4.78 is 6.96. The molecular weight excluding hydrogens is 430 g/mol. The molecule has 174 valence electrons. The molecule has 0 atom stereocenters. The quantitative estimate of drug-likeness (QED) is 0.479. The van der Waals surface area contributed by atoms with Crippen LogP contribution in [0.25, 0.3) is 16.5 Å². The summed E-state index contributed by atoms with van der Waals surface area (Å²) in [7, 11) is 1.64. The Bertz CT molecular complexity index is 1260. The monoisotopic (exact) mass is 457 g/mol. The van der Waals surface area contributed by atoms with E-state index in [2.05, 4.69) is 50.0 Å². The minimum Gasteiger partial charge on any atom is -0.497 e. The fourth-order valence-corrected chi connectivity index (χ4v) is 4.27. The predicted molar refractivity (Wildman–Crippen MR) is 129 cm³/mol. The fourth-order valence-electron chi connectivity index (χ4n) is 4.27. The molecule has 0 aliphatic carbocycles. The van der Waals surface area contributed by atoms with Crippen LogP contribution in [-0.4, -0.2) is 69.3 Å². The number of piperazine rings is 1. The predicted octanol–water partition coefficient (Wildman–Crippen LogP) is 2.85. The number of carbonyl (C=O) groups is 1. The van der Waals surface area contributed by atoms with Gasteiger partial charge in [-0.2, -0.15) is 4.68 Å². The number of nitrogens with one attached hydrogen (secondary N) is 1. The molecule has 0 spiro atoms. The van der Waals surface area contributed by atoms with Crippen molar-refractivity contribution in [3.8, 4) is 11.4 Å². The summed E-state index contributed by atoms with van der Waals surface area (Å²) >= 11 is 0. The van der Waals surface area contributed by atoms with Gasteiger partial charge in [-0.25, -0.2) is 4.79 Å². The average molecular weight is 458 g/mol. The van der Waals surface area contributed by atoms with Crippen LogP contribution in [0.15, 0.2) is 66.7 Å². The first-order valence-corrected chi connectivity index (χ1v) is 11.3. The van der Waals surface area contributed by atoms with Crippen molar-refractivity contribution in [2.75, 3.05) is 33.3 Å².